The highest BCUT2D eigenvalue weighted by atomic mass is 16.2. The highest BCUT2D eigenvalue weighted by molar-refractivity contribution is 5.96. The number of aromatic nitrogens is 2. The quantitative estimate of drug-likeness (QED) is 0.904. The SMILES string of the molecule is CC(NC(=O)c1cnc(-c2ccccc2)n1C)C(=O)N1CCC2(CC1)CC2. The van der Waals surface area contributed by atoms with E-state index in [9.17, 15) is 9.59 Å². The summed E-state index contributed by atoms with van der Waals surface area (Å²) in [6.45, 7) is 3.38. The van der Waals surface area contributed by atoms with Gasteiger partial charge in [-0.3, -0.25) is 9.59 Å². The third-order valence-electron chi connectivity index (χ3n) is 6.06. The van der Waals surface area contributed by atoms with E-state index in [4.69, 9.17) is 0 Å². The summed E-state index contributed by atoms with van der Waals surface area (Å²) in [5, 5.41) is 2.84. The van der Waals surface area contributed by atoms with Gasteiger partial charge in [-0.05, 0) is 38.0 Å². The zero-order chi connectivity index (χ0) is 19.0. The van der Waals surface area contributed by atoms with Crippen LogP contribution < -0.4 is 5.32 Å². The third-order valence-corrected chi connectivity index (χ3v) is 6.06. The lowest BCUT2D eigenvalue weighted by Crippen LogP contribution is -2.49. The maximum Gasteiger partial charge on any atom is 0.270 e. The molecule has 4 rings (SSSR count). The van der Waals surface area contributed by atoms with Crippen LogP contribution in [-0.2, 0) is 11.8 Å². The van der Waals surface area contributed by atoms with Gasteiger partial charge in [0.2, 0.25) is 5.91 Å². The van der Waals surface area contributed by atoms with Gasteiger partial charge in [-0.1, -0.05) is 30.3 Å². The first kappa shape index (κ1) is 17.8. The maximum absolute atomic E-state index is 12.7. The molecule has 1 unspecified atom stereocenters. The summed E-state index contributed by atoms with van der Waals surface area (Å²) in [6.07, 6.45) is 6.38. The average Bonchev–Trinajstić information content (AvgIpc) is 3.32. The van der Waals surface area contributed by atoms with Crippen molar-refractivity contribution in [2.75, 3.05) is 13.1 Å². The first-order valence-electron chi connectivity index (χ1n) is 9.66. The summed E-state index contributed by atoms with van der Waals surface area (Å²) < 4.78 is 1.76. The molecule has 1 spiro atoms. The van der Waals surface area contributed by atoms with Crippen LogP contribution in [0.3, 0.4) is 0 Å². The van der Waals surface area contributed by atoms with Crippen molar-refractivity contribution in [3.05, 3.63) is 42.2 Å². The molecule has 142 valence electrons. The van der Waals surface area contributed by atoms with Crippen molar-refractivity contribution in [2.24, 2.45) is 12.5 Å². The highest BCUT2D eigenvalue weighted by Crippen LogP contribution is 2.53. The number of imidazole rings is 1. The third kappa shape index (κ3) is 3.48. The Morgan fingerprint density at radius 3 is 2.41 bits per heavy atom. The largest absolute Gasteiger partial charge is 0.341 e. The lowest BCUT2D eigenvalue weighted by Gasteiger charge is -2.33. The molecule has 0 bridgehead atoms. The van der Waals surface area contributed by atoms with Gasteiger partial charge in [-0.2, -0.15) is 0 Å². The van der Waals surface area contributed by atoms with Gasteiger partial charge in [-0.25, -0.2) is 4.98 Å². The monoisotopic (exact) mass is 366 g/mol. The van der Waals surface area contributed by atoms with E-state index in [1.165, 1.54) is 12.8 Å². The predicted molar refractivity (Wildman–Crippen MR) is 103 cm³/mol. The molecule has 6 heteroatoms. The van der Waals surface area contributed by atoms with Gasteiger partial charge < -0.3 is 14.8 Å². The first-order chi connectivity index (χ1) is 13.0. The second kappa shape index (κ2) is 6.83. The summed E-state index contributed by atoms with van der Waals surface area (Å²) in [5.41, 5.74) is 1.93. The topological polar surface area (TPSA) is 67.2 Å². The lowest BCUT2D eigenvalue weighted by molar-refractivity contribution is -0.134. The van der Waals surface area contributed by atoms with Crippen LogP contribution in [0, 0.1) is 5.41 Å². The normalized spacial score (nSPS) is 19.0. The molecule has 1 saturated heterocycles. The van der Waals surface area contributed by atoms with Crippen molar-refractivity contribution < 1.29 is 9.59 Å². The second-order valence-corrected chi connectivity index (χ2v) is 7.91. The average molecular weight is 366 g/mol. The van der Waals surface area contributed by atoms with Crippen LogP contribution in [0.4, 0.5) is 0 Å². The van der Waals surface area contributed by atoms with Crippen LogP contribution in [0.15, 0.2) is 36.5 Å². The fraction of sp³-hybridized carbons (Fsp3) is 0.476. The minimum atomic E-state index is -0.541. The van der Waals surface area contributed by atoms with E-state index in [1.807, 2.05) is 42.3 Å². The number of nitrogens with zero attached hydrogens (tertiary/aromatic N) is 3. The zero-order valence-electron chi connectivity index (χ0n) is 15.9. The van der Waals surface area contributed by atoms with Crippen LogP contribution in [-0.4, -0.2) is 45.4 Å². The summed E-state index contributed by atoms with van der Waals surface area (Å²) in [7, 11) is 1.82. The number of benzene rings is 1. The Morgan fingerprint density at radius 1 is 1.11 bits per heavy atom. The Bertz CT molecular complexity index is 844. The summed E-state index contributed by atoms with van der Waals surface area (Å²) in [6, 6.07) is 9.20. The van der Waals surface area contributed by atoms with Gasteiger partial charge in [-0.15, -0.1) is 0 Å². The van der Waals surface area contributed by atoms with E-state index in [0.717, 1.165) is 37.3 Å². The van der Waals surface area contributed by atoms with Crippen molar-refractivity contribution >= 4 is 11.8 Å². The summed E-state index contributed by atoms with van der Waals surface area (Å²) in [5.74, 6) is 0.457. The molecule has 1 aliphatic carbocycles. The second-order valence-electron chi connectivity index (χ2n) is 7.91. The number of piperidine rings is 1. The van der Waals surface area contributed by atoms with Gasteiger partial charge >= 0.3 is 0 Å². The van der Waals surface area contributed by atoms with E-state index < -0.39 is 6.04 Å². The number of hydrogen-bond donors (Lipinski definition) is 1. The number of likely N-dealkylation sites (tertiary alicyclic amines) is 1. The molecule has 1 N–H and O–H groups in total. The molecule has 2 heterocycles. The molecular weight excluding hydrogens is 340 g/mol. The molecular formula is C21H26N4O2. The van der Waals surface area contributed by atoms with Crippen LogP contribution >= 0.6 is 0 Å². The fourth-order valence-corrected chi connectivity index (χ4v) is 3.96. The van der Waals surface area contributed by atoms with Crippen LogP contribution in [0.5, 0.6) is 0 Å². The predicted octanol–water partition coefficient (Wildman–Crippen LogP) is 2.61. The number of carbonyl (C=O) groups is 2. The number of carbonyl (C=O) groups excluding carboxylic acids is 2. The van der Waals surface area contributed by atoms with Gasteiger partial charge in [0.05, 0.1) is 6.20 Å². The van der Waals surface area contributed by atoms with Crippen molar-refractivity contribution in [3.8, 4) is 11.4 Å². The smallest absolute Gasteiger partial charge is 0.270 e. The Morgan fingerprint density at radius 2 is 1.78 bits per heavy atom. The summed E-state index contributed by atoms with van der Waals surface area (Å²) >= 11 is 0. The zero-order valence-corrected chi connectivity index (χ0v) is 15.9. The molecule has 1 saturated carbocycles. The minimum Gasteiger partial charge on any atom is -0.341 e. The lowest BCUT2D eigenvalue weighted by atomic mass is 9.93. The van der Waals surface area contributed by atoms with Crippen molar-refractivity contribution in [2.45, 2.75) is 38.6 Å². The molecule has 27 heavy (non-hydrogen) atoms. The fourth-order valence-electron chi connectivity index (χ4n) is 3.96. The number of hydrogen-bond acceptors (Lipinski definition) is 3. The summed E-state index contributed by atoms with van der Waals surface area (Å²) in [4.78, 5) is 31.6. The Kier molecular flexibility index (Phi) is 4.50. The molecule has 2 amide bonds. The molecule has 1 aromatic carbocycles. The standard InChI is InChI=1S/C21H26N4O2/c1-15(20(27)25-12-10-21(8-9-21)11-13-25)23-19(26)17-14-22-18(24(17)2)16-6-4-3-5-7-16/h3-7,14-15H,8-13H2,1-2H3,(H,23,26). The Balaban J connectivity index is 1.40. The van der Waals surface area contributed by atoms with Gasteiger partial charge in [0.15, 0.2) is 0 Å². The number of rotatable bonds is 4. The Labute approximate surface area is 159 Å². The van der Waals surface area contributed by atoms with E-state index in [1.54, 1.807) is 17.7 Å². The van der Waals surface area contributed by atoms with Crippen molar-refractivity contribution in [1.29, 1.82) is 0 Å². The van der Waals surface area contributed by atoms with Gasteiger partial charge in [0.1, 0.15) is 17.6 Å². The molecule has 1 aromatic heterocycles. The molecule has 1 atom stereocenters. The van der Waals surface area contributed by atoms with Crippen LogP contribution in [0.1, 0.15) is 43.1 Å². The Hall–Kier alpha value is -2.63. The number of nitrogens with one attached hydrogen (secondary N) is 1. The molecule has 1 aliphatic heterocycles. The minimum absolute atomic E-state index is 0.00398. The van der Waals surface area contributed by atoms with E-state index in [-0.39, 0.29) is 11.8 Å². The van der Waals surface area contributed by atoms with E-state index in [0.29, 0.717) is 11.1 Å². The van der Waals surface area contributed by atoms with Gasteiger partial charge in [0, 0.05) is 25.7 Å². The highest BCUT2D eigenvalue weighted by Gasteiger charge is 2.45. The van der Waals surface area contributed by atoms with Crippen molar-refractivity contribution in [3.63, 3.8) is 0 Å². The molecule has 0 radical (unpaired) electrons. The molecule has 2 fully saturated rings. The van der Waals surface area contributed by atoms with Crippen LogP contribution in [0.2, 0.25) is 0 Å². The van der Waals surface area contributed by atoms with Gasteiger partial charge in [0.25, 0.3) is 5.91 Å². The van der Waals surface area contributed by atoms with Crippen molar-refractivity contribution in [1.82, 2.24) is 19.8 Å². The van der Waals surface area contributed by atoms with Crippen LogP contribution in [0.25, 0.3) is 11.4 Å². The first-order valence-corrected chi connectivity index (χ1v) is 9.66. The molecule has 2 aromatic rings. The van der Waals surface area contributed by atoms with E-state index in [2.05, 4.69) is 10.3 Å². The number of amides is 2. The molecule has 6 nitrogen and oxygen atoms in total. The maximum atomic E-state index is 12.7. The molecule has 2 aliphatic rings. The van der Waals surface area contributed by atoms with E-state index >= 15 is 0 Å².